The van der Waals surface area contributed by atoms with Crippen molar-refractivity contribution in [3.63, 3.8) is 0 Å². The Hall–Kier alpha value is -3.46. The van der Waals surface area contributed by atoms with E-state index in [1.807, 2.05) is 35.6 Å². The van der Waals surface area contributed by atoms with E-state index in [-0.39, 0.29) is 0 Å². The topological polar surface area (TPSA) is 55.4 Å². The Balaban J connectivity index is 0.000000439. The fraction of sp³-hybridized carbons (Fsp3) is 0.0909. The number of halogens is 6. The number of hydrogen-bond donors (Lipinski definition) is 1. The molecule has 0 aliphatic heterocycles. The number of hydrogen-bond acceptors (Lipinski definition) is 3. The van der Waals surface area contributed by atoms with Gasteiger partial charge in [-0.2, -0.15) is 13.2 Å². The van der Waals surface area contributed by atoms with Crippen molar-refractivity contribution in [2.45, 2.75) is 13.1 Å². The first-order valence-electron chi connectivity index (χ1n) is 8.84. The van der Waals surface area contributed by atoms with Crippen LogP contribution in [0.2, 0.25) is 5.02 Å². The highest BCUT2D eigenvalue weighted by molar-refractivity contribution is 6.30. The summed E-state index contributed by atoms with van der Waals surface area (Å²) in [5.74, 6) is -5.24. The molecule has 4 nitrogen and oxygen atoms in total. The molecular weight excluding hydrogens is 457 g/mol. The summed E-state index contributed by atoms with van der Waals surface area (Å²) in [5, 5.41) is 2.80. The zero-order valence-corrected chi connectivity index (χ0v) is 17.1. The van der Waals surface area contributed by atoms with Gasteiger partial charge in [-0.1, -0.05) is 35.9 Å². The van der Waals surface area contributed by atoms with Crippen LogP contribution in [0.25, 0.3) is 0 Å². The lowest BCUT2D eigenvalue weighted by Gasteiger charge is -2.16. The third-order valence-corrected chi connectivity index (χ3v) is 3.98. The zero-order chi connectivity index (χ0) is 23.9. The fourth-order valence-corrected chi connectivity index (χ4v) is 2.53. The van der Waals surface area contributed by atoms with Gasteiger partial charge in [0.2, 0.25) is 0 Å². The number of amides is 1. The van der Waals surface area contributed by atoms with Crippen molar-refractivity contribution >= 4 is 29.2 Å². The minimum Gasteiger partial charge on any atom is -0.425 e. The molecule has 0 aliphatic rings. The first-order chi connectivity index (χ1) is 15.0. The standard InChI is InChI=1S/C16H10F5NO3.C6H5Cl/c1-8(23)25-14-10(3-2-4-11(14)16(19,20)21)15(24)22-13-6-5-9(17)7-12(13)18;7-6-4-2-1-3-5-6/h2-7H,1H3,(H,22,24);1-5H. The van der Waals surface area contributed by atoms with Crippen molar-refractivity contribution in [3.05, 3.63) is 94.5 Å². The molecule has 1 amide bonds. The largest absolute Gasteiger partial charge is 0.425 e. The summed E-state index contributed by atoms with van der Waals surface area (Å²) in [6.07, 6.45) is -4.89. The maximum absolute atomic E-state index is 13.6. The molecule has 0 fully saturated rings. The quantitative estimate of drug-likeness (QED) is 0.269. The van der Waals surface area contributed by atoms with Crippen LogP contribution in [-0.2, 0) is 11.0 Å². The number of ether oxygens (including phenoxy) is 1. The molecule has 0 unspecified atom stereocenters. The molecular formula is C22H15ClF5NO3. The number of alkyl halides is 3. The lowest BCUT2D eigenvalue weighted by atomic mass is 10.1. The zero-order valence-electron chi connectivity index (χ0n) is 16.3. The Bertz CT molecular complexity index is 1100. The van der Waals surface area contributed by atoms with E-state index in [1.165, 1.54) is 0 Å². The molecule has 1 N–H and O–H groups in total. The first kappa shape index (κ1) is 24.8. The van der Waals surface area contributed by atoms with E-state index in [4.69, 9.17) is 11.6 Å². The van der Waals surface area contributed by atoms with Crippen LogP contribution in [-0.4, -0.2) is 11.9 Å². The predicted molar refractivity (Wildman–Crippen MR) is 109 cm³/mol. The van der Waals surface area contributed by atoms with Crippen LogP contribution in [0.5, 0.6) is 5.75 Å². The average Bonchev–Trinajstić information content (AvgIpc) is 2.70. The van der Waals surface area contributed by atoms with E-state index in [0.717, 1.165) is 36.2 Å². The number of carbonyl (C=O) groups is 2. The highest BCUT2D eigenvalue weighted by Crippen LogP contribution is 2.38. The predicted octanol–water partition coefficient (Wildman–Crippen LogP) is 6.50. The van der Waals surface area contributed by atoms with Crippen LogP contribution < -0.4 is 10.1 Å². The average molecular weight is 472 g/mol. The van der Waals surface area contributed by atoms with Crippen molar-refractivity contribution in [1.29, 1.82) is 0 Å². The molecule has 10 heteroatoms. The van der Waals surface area contributed by atoms with Crippen molar-refractivity contribution in [1.82, 2.24) is 0 Å². The van der Waals surface area contributed by atoms with Crippen LogP contribution in [0.4, 0.5) is 27.6 Å². The van der Waals surface area contributed by atoms with E-state index in [9.17, 15) is 31.5 Å². The van der Waals surface area contributed by atoms with Gasteiger partial charge in [-0.3, -0.25) is 9.59 Å². The highest BCUT2D eigenvalue weighted by Gasteiger charge is 2.37. The van der Waals surface area contributed by atoms with E-state index < -0.39 is 52.3 Å². The van der Waals surface area contributed by atoms with Crippen LogP contribution >= 0.6 is 11.6 Å². The number of rotatable bonds is 3. The summed E-state index contributed by atoms with van der Waals surface area (Å²) >= 11 is 5.54. The molecule has 0 atom stereocenters. The van der Waals surface area contributed by atoms with Crippen molar-refractivity contribution in [2.75, 3.05) is 5.32 Å². The maximum Gasteiger partial charge on any atom is 0.420 e. The van der Waals surface area contributed by atoms with E-state index in [1.54, 1.807) is 0 Å². The number of benzene rings is 3. The Kier molecular flexibility index (Phi) is 8.31. The number of esters is 1. The van der Waals surface area contributed by atoms with Crippen molar-refractivity contribution in [3.8, 4) is 5.75 Å². The van der Waals surface area contributed by atoms with Gasteiger partial charge in [-0.25, -0.2) is 8.78 Å². The van der Waals surface area contributed by atoms with Gasteiger partial charge < -0.3 is 10.1 Å². The van der Waals surface area contributed by atoms with Crippen LogP contribution in [0.3, 0.4) is 0 Å². The van der Waals surface area contributed by atoms with Gasteiger partial charge in [-0.15, -0.1) is 0 Å². The monoisotopic (exact) mass is 471 g/mol. The summed E-state index contributed by atoms with van der Waals surface area (Å²) < 4.78 is 70.1. The molecule has 0 bridgehead atoms. The summed E-state index contributed by atoms with van der Waals surface area (Å²) in [4.78, 5) is 23.3. The lowest BCUT2D eigenvalue weighted by molar-refractivity contribution is -0.141. The maximum atomic E-state index is 13.6. The molecule has 3 aromatic carbocycles. The lowest BCUT2D eigenvalue weighted by Crippen LogP contribution is -2.19. The van der Waals surface area contributed by atoms with Gasteiger partial charge in [-0.05, 0) is 36.4 Å². The second-order valence-electron chi connectivity index (χ2n) is 6.15. The third kappa shape index (κ3) is 7.05. The number of carbonyl (C=O) groups excluding carboxylic acids is 2. The summed E-state index contributed by atoms with van der Waals surface area (Å²) in [5.41, 5.74) is -2.42. The van der Waals surface area contributed by atoms with Gasteiger partial charge in [0.05, 0.1) is 16.8 Å². The van der Waals surface area contributed by atoms with Gasteiger partial charge in [0, 0.05) is 18.0 Å². The Morgan fingerprint density at radius 2 is 1.59 bits per heavy atom. The van der Waals surface area contributed by atoms with E-state index in [0.29, 0.717) is 12.1 Å². The molecule has 168 valence electrons. The fourth-order valence-electron chi connectivity index (χ4n) is 2.39. The molecule has 0 aromatic heterocycles. The van der Waals surface area contributed by atoms with Gasteiger partial charge in [0.25, 0.3) is 5.91 Å². The third-order valence-electron chi connectivity index (χ3n) is 3.72. The highest BCUT2D eigenvalue weighted by atomic mass is 35.5. The van der Waals surface area contributed by atoms with Crippen molar-refractivity contribution < 1.29 is 36.3 Å². The summed E-state index contributed by atoms with van der Waals surface area (Å²) in [6.45, 7) is 0.870. The molecule has 0 heterocycles. The second kappa shape index (κ2) is 10.7. The van der Waals surface area contributed by atoms with E-state index >= 15 is 0 Å². The Labute approximate surface area is 184 Å². The molecule has 32 heavy (non-hydrogen) atoms. The minimum atomic E-state index is -4.89. The van der Waals surface area contributed by atoms with Crippen LogP contribution in [0.15, 0.2) is 66.7 Å². The molecule has 3 rings (SSSR count). The SMILES string of the molecule is CC(=O)Oc1c(C(=O)Nc2ccc(F)cc2F)cccc1C(F)(F)F.Clc1ccccc1. The molecule has 3 aromatic rings. The normalized spacial score (nSPS) is 10.6. The minimum absolute atomic E-state index is 0.447. The molecule has 0 saturated carbocycles. The summed E-state index contributed by atoms with van der Waals surface area (Å²) in [7, 11) is 0. The summed E-state index contributed by atoms with van der Waals surface area (Å²) in [6, 6.07) is 14.2. The van der Waals surface area contributed by atoms with Crippen LogP contribution in [0, 0.1) is 11.6 Å². The van der Waals surface area contributed by atoms with Gasteiger partial charge >= 0.3 is 12.1 Å². The molecule has 0 aliphatic carbocycles. The Morgan fingerprint density at radius 1 is 0.938 bits per heavy atom. The smallest absolute Gasteiger partial charge is 0.420 e. The number of nitrogens with one attached hydrogen (secondary N) is 1. The van der Waals surface area contributed by atoms with Gasteiger partial charge in [0.1, 0.15) is 11.6 Å². The number of para-hydroxylation sites is 1. The Morgan fingerprint density at radius 3 is 2.09 bits per heavy atom. The van der Waals surface area contributed by atoms with Crippen LogP contribution in [0.1, 0.15) is 22.8 Å². The first-order valence-corrected chi connectivity index (χ1v) is 9.22. The number of anilines is 1. The van der Waals surface area contributed by atoms with Crippen molar-refractivity contribution in [2.24, 2.45) is 0 Å². The molecule has 0 spiro atoms. The van der Waals surface area contributed by atoms with Gasteiger partial charge in [0.15, 0.2) is 5.75 Å². The second-order valence-corrected chi connectivity index (χ2v) is 6.58. The molecule has 0 saturated heterocycles. The molecule has 0 radical (unpaired) electrons. The van der Waals surface area contributed by atoms with E-state index in [2.05, 4.69) is 4.74 Å².